The largest absolute Gasteiger partial charge is 0.352 e. The molecule has 0 radical (unpaired) electrons. The summed E-state index contributed by atoms with van der Waals surface area (Å²) in [6.07, 6.45) is 4.08. The molecule has 0 bridgehead atoms. The lowest BCUT2D eigenvalue weighted by Gasteiger charge is -2.07. The van der Waals surface area contributed by atoms with Crippen LogP contribution in [0.1, 0.15) is 16.8 Å². The van der Waals surface area contributed by atoms with Gasteiger partial charge in [0, 0.05) is 19.3 Å². The van der Waals surface area contributed by atoms with Gasteiger partial charge in [0.05, 0.1) is 16.2 Å². The van der Waals surface area contributed by atoms with Crippen LogP contribution in [0.2, 0.25) is 0 Å². The third-order valence-electron chi connectivity index (χ3n) is 2.52. The molecule has 1 amide bonds. The Balaban J connectivity index is 1.83. The summed E-state index contributed by atoms with van der Waals surface area (Å²) >= 11 is 3.06. The smallest absolute Gasteiger partial charge is 0.252 e. The Bertz CT molecular complexity index is 559. The number of carbonyl (C=O) groups excluding carboxylic acids is 1. The maximum atomic E-state index is 13.3. The molecule has 1 aromatic heterocycles. The van der Waals surface area contributed by atoms with E-state index in [9.17, 15) is 9.18 Å². The highest BCUT2D eigenvalue weighted by Crippen LogP contribution is 2.20. The summed E-state index contributed by atoms with van der Waals surface area (Å²) < 4.78 is 15.1. The quantitative estimate of drug-likeness (QED) is 0.855. The van der Waals surface area contributed by atoms with Crippen molar-refractivity contribution in [2.75, 3.05) is 6.54 Å². The number of carbonyl (C=O) groups is 1. The molecule has 0 aliphatic rings. The van der Waals surface area contributed by atoms with E-state index in [4.69, 9.17) is 0 Å². The van der Waals surface area contributed by atoms with E-state index in [1.54, 1.807) is 23.1 Å². The van der Waals surface area contributed by atoms with Crippen LogP contribution in [-0.2, 0) is 6.54 Å². The topological polar surface area (TPSA) is 59.8 Å². The Morgan fingerprint density at radius 2 is 2.32 bits per heavy atom. The van der Waals surface area contributed by atoms with Gasteiger partial charge < -0.3 is 5.32 Å². The molecule has 1 N–H and O–H groups in total. The molecule has 100 valence electrons. The Morgan fingerprint density at radius 3 is 3.05 bits per heavy atom. The first-order valence-corrected chi connectivity index (χ1v) is 6.54. The number of nitrogens with zero attached hydrogens (tertiary/aromatic N) is 3. The van der Waals surface area contributed by atoms with Crippen LogP contribution in [-0.4, -0.2) is 27.4 Å². The van der Waals surface area contributed by atoms with Gasteiger partial charge in [-0.25, -0.2) is 4.39 Å². The summed E-state index contributed by atoms with van der Waals surface area (Å²) in [5.74, 6) is -0.750. The number of hydrogen-bond donors (Lipinski definition) is 1. The minimum absolute atomic E-state index is 0.184. The minimum Gasteiger partial charge on any atom is -0.352 e. The molecule has 1 aromatic carbocycles. The summed E-state index contributed by atoms with van der Waals surface area (Å²) in [6, 6.07) is 4.37. The van der Waals surface area contributed by atoms with Gasteiger partial charge in [-0.1, -0.05) is 11.3 Å². The number of benzene rings is 1. The molecular weight excluding hydrogens is 315 g/mol. The van der Waals surface area contributed by atoms with Gasteiger partial charge in [0.2, 0.25) is 0 Å². The van der Waals surface area contributed by atoms with E-state index < -0.39 is 5.82 Å². The number of nitrogens with one attached hydrogen (secondary N) is 1. The molecule has 0 saturated heterocycles. The van der Waals surface area contributed by atoms with Gasteiger partial charge >= 0.3 is 0 Å². The van der Waals surface area contributed by atoms with Crippen LogP contribution in [0.5, 0.6) is 0 Å². The molecule has 5 nitrogen and oxygen atoms in total. The summed E-state index contributed by atoms with van der Waals surface area (Å²) in [5.41, 5.74) is 0.292. The standard InChI is InChI=1S/C12H12BrFN4O/c13-11-9(3-1-4-10(11)14)12(19)15-5-2-7-18-8-6-16-17-18/h1,3-4,6,8H,2,5,7H2,(H,15,19). The first-order valence-electron chi connectivity index (χ1n) is 5.75. The van der Waals surface area contributed by atoms with E-state index in [1.807, 2.05) is 0 Å². The highest BCUT2D eigenvalue weighted by molar-refractivity contribution is 9.10. The molecule has 0 saturated carbocycles. The van der Waals surface area contributed by atoms with Crippen LogP contribution in [0.15, 0.2) is 35.1 Å². The average Bonchev–Trinajstić information content (AvgIpc) is 2.91. The number of halogens is 2. The van der Waals surface area contributed by atoms with Gasteiger partial charge in [0.15, 0.2) is 0 Å². The van der Waals surface area contributed by atoms with Gasteiger partial charge in [-0.3, -0.25) is 9.48 Å². The van der Waals surface area contributed by atoms with Crippen LogP contribution in [0, 0.1) is 5.82 Å². The highest BCUT2D eigenvalue weighted by Gasteiger charge is 2.12. The first-order chi connectivity index (χ1) is 9.18. The zero-order chi connectivity index (χ0) is 13.7. The second kappa shape index (κ2) is 6.42. The van der Waals surface area contributed by atoms with Crippen molar-refractivity contribution in [2.24, 2.45) is 0 Å². The lowest BCUT2D eigenvalue weighted by molar-refractivity contribution is 0.0951. The van der Waals surface area contributed by atoms with Crippen LogP contribution in [0.25, 0.3) is 0 Å². The molecule has 7 heteroatoms. The lowest BCUT2D eigenvalue weighted by atomic mass is 10.2. The number of hydrogen-bond acceptors (Lipinski definition) is 3. The molecule has 19 heavy (non-hydrogen) atoms. The fourth-order valence-corrected chi connectivity index (χ4v) is 2.01. The number of rotatable bonds is 5. The molecule has 0 fully saturated rings. The van der Waals surface area contributed by atoms with E-state index >= 15 is 0 Å². The third-order valence-corrected chi connectivity index (χ3v) is 3.32. The number of amides is 1. The van der Waals surface area contributed by atoms with Crippen LogP contribution in [0.3, 0.4) is 0 Å². The first kappa shape index (κ1) is 13.7. The minimum atomic E-state index is -0.449. The Hall–Kier alpha value is -1.76. The zero-order valence-corrected chi connectivity index (χ0v) is 11.6. The van der Waals surface area contributed by atoms with Gasteiger partial charge in [-0.05, 0) is 34.5 Å². The van der Waals surface area contributed by atoms with Crippen molar-refractivity contribution in [1.82, 2.24) is 20.3 Å². The molecular formula is C12H12BrFN4O. The molecule has 0 aliphatic carbocycles. The average molecular weight is 327 g/mol. The summed E-state index contributed by atoms with van der Waals surface area (Å²) in [7, 11) is 0. The molecule has 0 spiro atoms. The molecule has 0 aliphatic heterocycles. The number of aromatic nitrogens is 3. The van der Waals surface area contributed by atoms with Crippen molar-refractivity contribution in [2.45, 2.75) is 13.0 Å². The molecule has 1 heterocycles. The molecule has 2 rings (SSSR count). The monoisotopic (exact) mass is 326 g/mol. The van der Waals surface area contributed by atoms with E-state index in [-0.39, 0.29) is 10.4 Å². The SMILES string of the molecule is O=C(NCCCn1ccnn1)c1cccc(F)c1Br. The molecule has 2 aromatic rings. The predicted molar refractivity (Wildman–Crippen MR) is 71.1 cm³/mol. The van der Waals surface area contributed by atoms with E-state index in [2.05, 4.69) is 31.6 Å². The predicted octanol–water partition coefficient (Wildman–Crippen LogP) is 2.00. The van der Waals surface area contributed by atoms with Crippen molar-refractivity contribution < 1.29 is 9.18 Å². The van der Waals surface area contributed by atoms with E-state index in [0.717, 1.165) is 6.42 Å². The highest BCUT2D eigenvalue weighted by atomic mass is 79.9. The maximum absolute atomic E-state index is 13.3. The fraction of sp³-hybridized carbons (Fsp3) is 0.250. The van der Waals surface area contributed by atoms with E-state index in [1.165, 1.54) is 12.1 Å². The summed E-state index contributed by atoms with van der Waals surface area (Å²) in [4.78, 5) is 11.8. The van der Waals surface area contributed by atoms with Crippen molar-refractivity contribution in [3.05, 3.63) is 46.4 Å². The van der Waals surface area contributed by atoms with Crippen LogP contribution >= 0.6 is 15.9 Å². The summed E-state index contributed by atoms with van der Waals surface area (Å²) in [5, 5.41) is 10.2. The Morgan fingerprint density at radius 1 is 1.47 bits per heavy atom. The summed E-state index contributed by atoms with van der Waals surface area (Å²) in [6.45, 7) is 1.16. The van der Waals surface area contributed by atoms with Gasteiger partial charge in [-0.15, -0.1) is 5.10 Å². The van der Waals surface area contributed by atoms with Gasteiger partial charge in [0.25, 0.3) is 5.91 Å². The lowest BCUT2D eigenvalue weighted by Crippen LogP contribution is -2.25. The second-order valence-electron chi connectivity index (χ2n) is 3.88. The second-order valence-corrected chi connectivity index (χ2v) is 4.67. The number of aryl methyl sites for hydroxylation is 1. The molecule has 0 unspecified atom stereocenters. The van der Waals surface area contributed by atoms with Gasteiger partial charge in [-0.2, -0.15) is 0 Å². The van der Waals surface area contributed by atoms with E-state index in [0.29, 0.717) is 18.7 Å². The Kier molecular flexibility index (Phi) is 4.62. The van der Waals surface area contributed by atoms with Crippen molar-refractivity contribution in [3.8, 4) is 0 Å². The van der Waals surface area contributed by atoms with Gasteiger partial charge in [0.1, 0.15) is 5.82 Å². The van der Waals surface area contributed by atoms with Crippen molar-refractivity contribution in [3.63, 3.8) is 0 Å². The fourth-order valence-electron chi connectivity index (χ4n) is 1.57. The van der Waals surface area contributed by atoms with Crippen LogP contribution in [0.4, 0.5) is 4.39 Å². The maximum Gasteiger partial charge on any atom is 0.252 e. The zero-order valence-electron chi connectivity index (χ0n) is 10.0. The van der Waals surface area contributed by atoms with Crippen LogP contribution < -0.4 is 5.32 Å². The van der Waals surface area contributed by atoms with Crippen molar-refractivity contribution >= 4 is 21.8 Å². The van der Waals surface area contributed by atoms with Crippen molar-refractivity contribution in [1.29, 1.82) is 0 Å². The Labute approximate surface area is 117 Å². The third kappa shape index (κ3) is 3.60. The molecule has 0 atom stereocenters. The normalized spacial score (nSPS) is 10.4.